The Kier molecular flexibility index (Phi) is 5.07. The summed E-state index contributed by atoms with van der Waals surface area (Å²) in [5, 5.41) is 2.10. The van der Waals surface area contributed by atoms with Crippen LogP contribution in [0.2, 0.25) is 0 Å². The molecule has 0 N–H and O–H groups in total. The second kappa shape index (κ2) is 7.24. The second-order valence-corrected chi connectivity index (χ2v) is 7.59. The minimum absolute atomic E-state index is 0.308. The molecule has 1 aromatic heterocycles. The Bertz CT molecular complexity index is 850. The summed E-state index contributed by atoms with van der Waals surface area (Å²) in [6.07, 6.45) is 0. The van der Waals surface area contributed by atoms with Gasteiger partial charge in [0, 0.05) is 20.2 Å². The Labute approximate surface area is 150 Å². The van der Waals surface area contributed by atoms with Crippen LogP contribution in [0.1, 0.15) is 21.5 Å². The number of rotatable bonds is 4. The topological polar surface area (TPSA) is 26.3 Å². The van der Waals surface area contributed by atoms with Crippen molar-refractivity contribution in [1.82, 2.24) is 0 Å². The first-order valence-corrected chi connectivity index (χ1v) is 9.29. The third-order valence-corrected chi connectivity index (χ3v) is 5.85. The van der Waals surface area contributed by atoms with E-state index in [1.165, 1.54) is 33.6 Å². The summed E-state index contributed by atoms with van der Waals surface area (Å²) in [6, 6.07) is 16.3. The number of carbonyl (C=O) groups excluding carboxylic acids is 1. The molecule has 0 radical (unpaired) electrons. The van der Waals surface area contributed by atoms with E-state index in [-0.39, 0.29) is 5.97 Å². The molecule has 0 saturated heterocycles. The van der Waals surface area contributed by atoms with Gasteiger partial charge < -0.3 is 4.74 Å². The van der Waals surface area contributed by atoms with Crippen LogP contribution in [-0.4, -0.2) is 13.1 Å². The summed E-state index contributed by atoms with van der Waals surface area (Å²) in [5.74, 6) is -0.308. The van der Waals surface area contributed by atoms with Crippen LogP contribution in [0.5, 0.6) is 0 Å². The normalized spacial score (nSPS) is 10.6. The fourth-order valence-corrected chi connectivity index (χ4v) is 4.26. The molecule has 3 aromatic rings. The van der Waals surface area contributed by atoms with E-state index in [1.54, 1.807) is 35.2 Å². The highest BCUT2D eigenvalue weighted by atomic mass is 32.2. The van der Waals surface area contributed by atoms with Gasteiger partial charge in [0.25, 0.3) is 0 Å². The number of aryl methyl sites for hydroxylation is 2. The fraction of sp³-hybridized carbons (Fsp3) is 0.150. The van der Waals surface area contributed by atoms with Gasteiger partial charge in [0.15, 0.2) is 0 Å². The number of thiophene rings is 1. The molecule has 2 nitrogen and oxygen atoms in total. The highest BCUT2D eigenvalue weighted by Crippen LogP contribution is 2.39. The van der Waals surface area contributed by atoms with Crippen LogP contribution < -0.4 is 0 Å². The molecule has 0 amide bonds. The molecule has 0 fully saturated rings. The number of carbonyl (C=O) groups is 1. The summed E-state index contributed by atoms with van der Waals surface area (Å²) in [5.41, 5.74) is 4.41. The van der Waals surface area contributed by atoms with Gasteiger partial charge in [0.2, 0.25) is 0 Å². The van der Waals surface area contributed by atoms with Gasteiger partial charge in [-0.1, -0.05) is 17.8 Å². The van der Waals surface area contributed by atoms with E-state index in [0.29, 0.717) is 5.56 Å². The number of methoxy groups -OCH3 is 1. The Hall–Kier alpha value is -2.04. The minimum Gasteiger partial charge on any atom is -0.465 e. The van der Waals surface area contributed by atoms with Crippen molar-refractivity contribution in [2.75, 3.05) is 7.11 Å². The van der Waals surface area contributed by atoms with Crippen molar-refractivity contribution < 1.29 is 9.53 Å². The Morgan fingerprint density at radius 2 is 1.75 bits per heavy atom. The average molecular weight is 354 g/mol. The Balaban J connectivity index is 1.95. The molecule has 0 saturated carbocycles. The van der Waals surface area contributed by atoms with E-state index in [4.69, 9.17) is 4.74 Å². The second-order valence-electron chi connectivity index (χ2n) is 5.53. The predicted molar refractivity (Wildman–Crippen MR) is 101 cm³/mol. The predicted octanol–water partition coefficient (Wildman–Crippen LogP) is 5.97. The zero-order valence-corrected chi connectivity index (χ0v) is 15.5. The maximum Gasteiger partial charge on any atom is 0.337 e. The first-order chi connectivity index (χ1) is 11.6. The van der Waals surface area contributed by atoms with Crippen LogP contribution in [0.3, 0.4) is 0 Å². The molecule has 0 spiro atoms. The van der Waals surface area contributed by atoms with Crippen molar-refractivity contribution in [3.05, 3.63) is 70.6 Å². The lowest BCUT2D eigenvalue weighted by Gasteiger charge is -2.12. The number of ether oxygens (including phenoxy) is 1. The van der Waals surface area contributed by atoms with Crippen molar-refractivity contribution in [2.24, 2.45) is 0 Å². The highest BCUT2D eigenvalue weighted by molar-refractivity contribution is 7.99. The van der Waals surface area contributed by atoms with Crippen LogP contribution in [0.25, 0.3) is 10.4 Å². The maximum atomic E-state index is 11.5. The summed E-state index contributed by atoms with van der Waals surface area (Å²) in [4.78, 5) is 15.1. The molecule has 122 valence electrons. The number of esters is 1. The molecule has 0 unspecified atom stereocenters. The van der Waals surface area contributed by atoms with Gasteiger partial charge in [-0.3, -0.25) is 0 Å². The van der Waals surface area contributed by atoms with E-state index < -0.39 is 0 Å². The number of hydrogen-bond donors (Lipinski definition) is 0. The maximum absolute atomic E-state index is 11.5. The van der Waals surface area contributed by atoms with Crippen LogP contribution >= 0.6 is 23.1 Å². The average Bonchev–Trinajstić information content (AvgIpc) is 3.12. The summed E-state index contributed by atoms with van der Waals surface area (Å²) >= 11 is 3.47. The molecule has 4 heteroatoms. The molecule has 0 aliphatic rings. The van der Waals surface area contributed by atoms with Gasteiger partial charge in [-0.15, -0.1) is 11.3 Å². The SMILES string of the molecule is COC(=O)c1ccc(Sc2cc(C)c(C)cc2-c2cccs2)cc1. The lowest BCUT2D eigenvalue weighted by Crippen LogP contribution is -2.00. The molecular formula is C20H18O2S2. The first-order valence-electron chi connectivity index (χ1n) is 7.60. The van der Waals surface area contributed by atoms with Gasteiger partial charge in [0.05, 0.1) is 12.7 Å². The minimum atomic E-state index is -0.308. The largest absolute Gasteiger partial charge is 0.465 e. The summed E-state index contributed by atoms with van der Waals surface area (Å²) in [6.45, 7) is 4.28. The zero-order valence-electron chi connectivity index (χ0n) is 13.8. The lowest BCUT2D eigenvalue weighted by atomic mass is 10.1. The highest BCUT2D eigenvalue weighted by Gasteiger charge is 2.11. The van der Waals surface area contributed by atoms with Crippen LogP contribution in [0.4, 0.5) is 0 Å². The van der Waals surface area contributed by atoms with Crippen LogP contribution in [-0.2, 0) is 4.74 Å². The van der Waals surface area contributed by atoms with Crippen molar-refractivity contribution >= 4 is 29.1 Å². The Morgan fingerprint density at radius 3 is 2.38 bits per heavy atom. The van der Waals surface area contributed by atoms with E-state index in [1.807, 2.05) is 12.1 Å². The molecule has 1 heterocycles. The summed E-state index contributed by atoms with van der Waals surface area (Å²) < 4.78 is 4.75. The smallest absolute Gasteiger partial charge is 0.337 e. The third kappa shape index (κ3) is 3.55. The molecule has 0 aliphatic carbocycles. The Morgan fingerprint density at radius 1 is 1.04 bits per heavy atom. The van der Waals surface area contributed by atoms with E-state index in [2.05, 4.69) is 43.5 Å². The van der Waals surface area contributed by atoms with E-state index in [9.17, 15) is 4.79 Å². The molecule has 0 aliphatic heterocycles. The first kappa shape index (κ1) is 16.8. The van der Waals surface area contributed by atoms with Crippen molar-refractivity contribution in [2.45, 2.75) is 23.6 Å². The fourth-order valence-electron chi connectivity index (χ4n) is 2.40. The van der Waals surface area contributed by atoms with Gasteiger partial charge in [0.1, 0.15) is 0 Å². The summed E-state index contributed by atoms with van der Waals surface area (Å²) in [7, 11) is 1.40. The van der Waals surface area contributed by atoms with Crippen molar-refractivity contribution in [3.8, 4) is 10.4 Å². The quantitative estimate of drug-likeness (QED) is 0.540. The lowest BCUT2D eigenvalue weighted by molar-refractivity contribution is 0.0600. The molecule has 2 aromatic carbocycles. The van der Waals surface area contributed by atoms with Gasteiger partial charge >= 0.3 is 5.97 Å². The molecule has 0 atom stereocenters. The van der Waals surface area contributed by atoms with E-state index in [0.717, 1.165) is 4.90 Å². The molecule has 3 rings (SSSR count). The molecular weight excluding hydrogens is 336 g/mol. The van der Waals surface area contributed by atoms with Crippen LogP contribution in [0, 0.1) is 13.8 Å². The zero-order chi connectivity index (χ0) is 17.1. The van der Waals surface area contributed by atoms with Crippen LogP contribution in [0.15, 0.2) is 63.7 Å². The monoisotopic (exact) mass is 354 g/mol. The van der Waals surface area contributed by atoms with Gasteiger partial charge in [-0.05, 0) is 72.8 Å². The van der Waals surface area contributed by atoms with Crippen molar-refractivity contribution in [3.63, 3.8) is 0 Å². The molecule has 24 heavy (non-hydrogen) atoms. The van der Waals surface area contributed by atoms with Crippen molar-refractivity contribution in [1.29, 1.82) is 0 Å². The number of hydrogen-bond acceptors (Lipinski definition) is 4. The van der Waals surface area contributed by atoms with E-state index >= 15 is 0 Å². The van der Waals surface area contributed by atoms with Gasteiger partial charge in [-0.2, -0.15) is 0 Å². The number of benzene rings is 2. The molecule has 0 bridgehead atoms. The standard InChI is InChI=1S/C20H18O2S2/c1-13-11-17(18-5-4-10-23-18)19(12-14(13)2)24-16-8-6-15(7-9-16)20(21)22-3/h4-12H,1-3H3. The third-order valence-electron chi connectivity index (χ3n) is 3.89. The van der Waals surface area contributed by atoms with Gasteiger partial charge in [-0.25, -0.2) is 4.79 Å².